The van der Waals surface area contributed by atoms with Crippen molar-refractivity contribution in [3.05, 3.63) is 47.9 Å². The van der Waals surface area contributed by atoms with Crippen LogP contribution in [0.2, 0.25) is 0 Å². The monoisotopic (exact) mass is 225 g/mol. The average molecular weight is 225 g/mol. The summed E-state index contributed by atoms with van der Waals surface area (Å²) in [6, 6.07) is 10.3. The highest BCUT2D eigenvalue weighted by molar-refractivity contribution is 5.59. The minimum atomic E-state index is -0.263. The van der Waals surface area contributed by atoms with Gasteiger partial charge >= 0.3 is 0 Å². The molecular weight excluding hydrogens is 210 g/mol. The van der Waals surface area contributed by atoms with Crippen LogP contribution < -0.4 is 5.73 Å². The summed E-state index contributed by atoms with van der Waals surface area (Å²) in [4.78, 5) is 8.85. The van der Waals surface area contributed by atoms with Gasteiger partial charge in [0.15, 0.2) is 0 Å². The number of nitrogens with two attached hydrogens (primary N) is 1. The fourth-order valence-corrected chi connectivity index (χ4v) is 1.84. The van der Waals surface area contributed by atoms with Gasteiger partial charge in [0.1, 0.15) is 5.82 Å². The van der Waals surface area contributed by atoms with Gasteiger partial charge in [0, 0.05) is 11.8 Å². The van der Waals surface area contributed by atoms with Crippen LogP contribution in [0.5, 0.6) is 0 Å². The molecule has 2 N–H and O–H groups in total. The van der Waals surface area contributed by atoms with E-state index in [2.05, 4.69) is 41.2 Å². The van der Waals surface area contributed by atoms with Crippen LogP contribution in [0, 0.1) is 6.92 Å². The number of aryl methyl sites for hydroxylation is 1. The molecule has 3 heteroatoms. The van der Waals surface area contributed by atoms with Gasteiger partial charge in [-0.3, -0.25) is 0 Å². The zero-order chi connectivity index (χ0) is 11.9. The number of benzene rings is 1. The molecular formula is C14H15N3. The number of nitrogens with zero attached hydrogens (tertiary/aromatic N) is 2. The Morgan fingerprint density at radius 2 is 1.82 bits per heavy atom. The van der Waals surface area contributed by atoms with E-state index in [9.17, 15) is 0 Å². The molecule has 0 unspecified atom stereocenters. The SMILES string of the molecule is Cc1ccc(-c2ccnc(C3(N)CC3)n2)cc1. The lowest BCUT2D eigenvalue weighted by molar-refractivity contribution is 0.673. The molecule has 1 aliphatic rings. The third kappa shape index (κ3) is 1.94. The lowest BCUT2D eigenvalue weighted by atomic mass is 10.1. The summed E-state index contributed by atoms with van der Waals surface area (Å²) in [5.74, 6) is 0.774. The third-order valence-corrected chi connectivity index (χ3v) is 3.24. The first kappa shape index (κ1) is 10.4. The highest BCUT2D eigenvalue weighted by atomic mass is 15.0. The predicted octanol–water partition coefficient (Wildman–Crippen LogP) is 2.40. The topological polar surface area (TPSA) is 51.8 Å². The lowest BCUT2D eigenvalue weighted by Crippen LogP contribution is -2.22. The van der Waals surface area contributed by atoms with Crippen LogP contribution in [0.1, 0.15) is 24.2 Å². The first-order valence-corrected chi connectivity index (χ1v) is 5.87. The molecule has 1 aromatic heterocycles. The second-order valence-electron chi connectivity index (χ2n) is 4.79. The van der Waals surface area contributed by atoms with Crippen molar-refractivity contribution < 1.29 is 0 Å². The van der Waals surface area contributed by atoms with Crippen molar-refractivity contribution in [2.75, 3.05) is 0 Å². The van der Waals surface area contributed by atoms with Crippen LogP contribution >= 0.6 is 0 Å². The number of aromatic nitrogens is 2. The Kier molecular flexibility index (Phi) is 2.23. The van der Waals surface area contributed by atoms with Crippen LogP contribution in [0.4, 0.5) is 0 Å². The van der Waals surface area contributed by atoms with Gasteiger partial charge in [0.05, 0.1) is 11.2 Å². The molecule has 86 valence electrons. The van der Waals surface area contributed by atoms with Gasteiger partial charge in [-0.15, -0.1) is 0 Å². The van der Waals surface area contributed by atoms with Crippen molar-refractivity contribution in [3.63, 3.8) is 0 Å². The van der Waals surface area contributed by atoms with E-state index in [1.165, 1.54) is 5.56 Å². The molecule has 0 aliphatic heterocycles. The van der Waals surface area contributed by atoms with Crippen LogP contribution in [0.25, 0.3) is 11.3 Å². The maximum atomic E-state index is 6.11. The predicted molar refractivity (Wildman–Crippen MR) is 67.3 cm³/mol. The van der Waals surface area contributed by atoms with E-state index in [4.69, 9.17) is 5.73 Å². The first-order valence-electron chi connectivity index (χ1n) is 5.87. The molecule has 2 aromatic rings. The Bertz CT molecular complexity index is 542. The second kappa shape index (κ2) is 3.64. The van der Waals surface area contributed by atoms with Crippen molar-refractivity contribution in [3.8, 4) is 11.3 Å². The van der Waals surface area contributed by atoms with Gasteiger partial charge in [-0.05, 0) is 25.8 Å². The van der Waals surface area contributed by atoms with E-state index in [1.54, 1.807) is 6.20 Å². The Balaban J connectivity index is 2.00. The molecule has 0 spiro atoms. The Morgan fingerprint density at radius 3 is 2.47 bits per heavy atom. The maximum Gasteiger partial charge on any atom is 0.148 e. The number of hydrogen-bond acceptors (Lipinski definition) is 3. The smallest absolute Gasteiger partial charge is 0.148 e. The van der Waals surface area contributed by atoms with Crippen LogP contribution in [-0.2, 0) is 5.54 Å². The van der Waals surface area contributed by atoms with Crippen molar-refractivity contribution in [1.82, 2.24) is 9.97 Å². The van der Waals surface area contributed by atoms with Crippen LogP contribution in [0.3, 0.4) is 0 Å². The molecule has 0 atom stereocenters. The molecule has 3 nitrogen and oxygen atoms in total. The summed E-state index contributed by atoms with van der Waals surface area (Å²) in [5, 5.41) is 0. The van der Waals surface area contributed by atoms with Crippen molar-refractivity contribution in [2.24, 2.45) is 5.73 Å². The molecule has 0 saturated heterocycles. The van der Waals surface area contributed by atoms with Gasteiger partial charge < -0.3 is 5.73 Å². The summed E-state index contributed by atoms with van der Waals surface area (Å²) in [6.07, 6.45) is 3.78. The Morgan fingerprint density at radius 1 is 1.12 bits per heavy atom. The van der Waals surface area contributed by atoms with Gasteiger partial charge in [-0.2, -0.15) is 0 Å². The summed E-state index contributed by atoms with van der Waals surface area (Å²) in [6.45, 7) is 2.08. The number of rotatable bonds is 2. The summed E-state index contributed by atoms with van der Waals surface area (Å²) >= 11 is 0. The quantitative estimate of drug-likeness (QED) is 0.853. The van der Waals surface area contributed by atoms with Crippen molar-refractivity contribution in [2.45, 2.75) is 25.3 Å². The molecule has 1 heterocycles. The highest BCUT2D eigenvalue weighted by Crippen LogP contribution is 2.40. The molecule has 17 heavy (non-hydrogen) atoms. The van der Waals surface area contributed by atoms with Gasteiger partial charge in [-0.1, -0.05) is 29.8 Å². The summed E-state index contributed by atoms with van der Waals surface area (Å²) < 4.78 is 0. The fourth-order valence-electron chi connectivity index (χ4n) is 1.84. The van der Waals surface area contributed by atoms with E-state index in [0.29, 0.717) is 0 Å². The largest absolute Gasteiger partial charge is 0.319 e. The van der Waals surface area contributed by atoms with Crippen molar-refractivity contribution in [1.29, 1.82) is 0 Å². The van der Waals surface area contributed by atoms with Gasteiger partial charge in [0.25, 0.3) is 0 Å². The molecule has 1 fully saturated rings. The summed E-state index contributed by atoms with van der Waals surface area (Å²) in [5.41, 5.74) is 9.17. The average Bonchev–Trinajstić information content (AvgIpc) is 3.10. The third-order valence-electron chi connectivity index (χ3n) is 3.24. The van der Waals surface area contributed by atoms with E-state index >= 15 is 0 Å². The highest BCUT2D eigenvalue weighted by Gasteiger charge is 2.43. The molecule has 3 rings (SSSR count). The molecule has 1 aromatic carbocycles. The standard InChI is InChI=1S/C14H15N3/c1-10-2-4-11(5-3-10)12-6-9-16-13(17-12)14(15)7-8-14/h2-6,9H,7-8,15H2,1H3. The molecule has 0 radical (unpaired) electrons. The normalized spacial score (nSPS) is 16.8. The van der Waals surface area contributed by atoms with Crippen molar-refractivity contribution >= 4 is 0 Å². The molecule has 1 aliphatic carbocycles. The Labute approximate surface area is 101 Å². The summed E-state index contributed by atoms with van der Waals surface area (Å²) in [7, 11) is 0. The van der Waals surface area contributed by atoms with Gasteiger partial charge in [0.2, 0.25) is 0 Å². The Hall–Kier alpha value is -1.74. The first-order chi connectivity index (χ1) is 8.17. The molecule has 0 bridgehead atoms. The zero-order valence-corrected chi connectivity index (χ0v) is 9.85. The van der Waals surface area contributed by atoms with E-state index in [-0.39, 0.29) is 5.54 Å². The van der Waals surface area contributed by atoms with E-state index < -0.39 is 0 Å². The molecule has 1 saturated carbocycles. The molecule has 0 amide bonds. The number of hydrogen-bond donors (Lipinski definition) is 1. The zero-order valence-electron chi connectivity index (χ0n) is 9.85. The van der Waals surface area contributed by atoms with Gasteiger partial charge in [-0.25, -0.2) is 9.97 Å². The maximum absolute atomic E-state index is 6.11. The fraction of sp³-hybridized carbons (Fsp3) is 0.286. The minimum Gasteiger partial charge on any atom is -0.319 e. The van der Waals surface area contributed by atoms with E-state index in [0.717, 1.165) is 29.9 Å². The van der Waals surface area contributed by atoms with E-state index in [1.807, 2.05) is 6.07 Å². The van der Waals surface area contributed by atoms with Crippen LogP contribution in [0.15, 0.2) is 36.5 Å². The van der Waals surface area contributed by atoms with Crippen LogP contribution in [-0.4, -0.2) is 9.97 Å². The second-order valence-corrected chi connectivity index (χ2v) is 4.79. The lowest BCUT2D eigenvalue weighted by Gasteiger charge is -2.08. The minimum absolute atomic E-state index is 0.263.